The summed E-state index contributed by atoms with van der Waals surface area (Å²) >= 11 is 0. The van der Waals surface area contributed by atoms with E-state index in [0.717, 1.165) is 43.8 Å². The number of hydrogen-bond donors (Lipinski definition) is 1. The largest absolute Gasteiger partial charge is 0.468 e. The van der Waals surface area contributed by atoms with Crippen LogP contribution in [0.2, 0.25) is 0 Å². The predicted octanol–water partition coefficient (Wildman–Crippen LogP) is 3.40. The average molecular weight is 264 g/mol. The van der Waals surface area contributed by atoms with E-state index in [-0.39, 0.29) is 0 Å². The minimum Gasteiger partial charge on any atom is -0.468 e. The second-order valence-electron chi connectivity index (χ2n) is 6.10. The fraction of sp³-hybridized carbons (Fsp3) is 0.750. The van der Waals surface area contributed by atoms with E-state index < -0.39 is 0 Å². The van der Waals surface area contributed by atoms with Crippen LogP contribution in [0.4, 0.5) is 0 Å². The summed E-state index contributed by atoms with van der Waals surface area (Å²) in [6.45, 7) is 10.9. The van der Waals surface area contributed by atoms with Crippen LogP contribution in [0.15, 0.2) is 16.7 Å². The fourth-order valence-electron chi connectivity index (χ4n) is 2.51. The molecule has 1 aliphatic carbocycles. The van der Waals surface area contributed by atoms with Crippen molar-refractivity contribution in [2.24, 2.45) is 5.92 Å². The maximum atomic E-state index is 5.63. The predicted molar refractivity (Wildman–Crippen MR) is 79.0 cm³/mol. The highest BCUT2D eigenvalue weighted by atomic mass is 16.3. The summed E-state index contributed by atoms with van der Waals surface area (Å²) in [4.78, 5) is 2.62. The quantitative estimate of drug-likeness (QED) is 0.693. The molecule has 0 atom stereocenters. The van der Waals surface area contributed by atoms with Gasteiger partial charge in [0.1, 0.15) is 5.76 Å². The van der Waals surface area contributed by atoms with Crippen LogP contribution in [0.5, 0.6) is 0 Å². The van der Waals surface area contributed by atoms with Crippen LogP contribution in [0.3, 0.4) is 0 Å². The molecule has 0 radical (unpaired) electrons. The minimum atomic E-state index is 0.731. The van der Waals surface area contributed by atoms with Crippen LogP contribution in [-0.2, 0) is 13.1 Å². The molecule has 0 aliphatic heterocycles. The topological polar surface area (TPSA) is 28.4 Å². The lowest BCUT2D eigenvalue weighted by Gasteiger charge is -2.24. The second-order valence-corrected chi connectivity index (χ2v) is 6.10. The van der Waals surface area contributed by atoms with Crippen molar-refractivity contribution in [2.75, 3.05) is 13.1 Å². The van der Waals surface area contributed by atoms with Crippen LogP contribution >= 0.6 is 0 Å². The zero-order chi connectivity index (χ0) is 13.7. The minimum absolute atomic E-state index is 0.731. The van der Waals surface area contributed by atoms with Gasteiger partial charge in [-0.2, -0.15) is 0 Å². The molecule has 2 rings (SSSR count). The number of nitrogens with one attached hydrogen (secondary N) is 1. The number of hydrogen-bond acceptors (Lipinski definition) is 3. The first-order valence-corrected chi connectivity index (χ1v) is 7.70. The third-order valence-corrected chi connectivity index (χ3v) is 3.59. The zero-order valence-corrected chi connectivity index (χ0v) is 12.6. The molecule has 1 saturated carbocycles. The van der Waals surface area contributed by atoms with E-state index in [1.165, 1.54) is 24.9 Å². The number of rotatable bonds is 9. The maximum Gasteiger partial charge on any atom is 0.122 e. The molecule has 1 fully saturated rings. The molecule has 3 heteroatoms. The Kier molecular flexibility index (Phi) is 5.46. The van der Waals surface area contributed by atoms with Crippen molar-refractivity contribution in [1.82, 2.24) is 10.2 Å². The van der Waals surface area contributed by atoms with Gasteiger partial charge in [0.05, 0.1) is 12.8 Å². The van der Waals surface area contributed by atoms with Crippen molar-refractivity contribution >= 4 is 0 Å². The summed E-state index contributed by atoms with van der Waals surface area (Å²) in [5.74, 6) is 1.84. The van der Waals surface area contributed by atoms with Gasteiger partial charge in [0.2, 0.25) is 0 Å². The van der Waals surface area contributed by atoms with Gasteiger partial charge in [-0.15, -0.1) is 0 Å². The molecule has 0 bridgehead atoms. The molecule has 1 heterocycles. The van der Waals surface area contributed by atoms with Gasteiger partial charge in [0.15, 0.2) is 0 Å². The molecular weight excluding hydrogens is 236 g/mol. The van der Waals surface area contributed by atoms with Crippen LogP contribution in [0, 0.1) is 5.92 Å². The fourth-order valence-corrected chi connectivity index (χ4v) is 2.51. The lowest BCUT2D eigenvalue weighted by atomic mass is 10.1. The van der Waals surface area contributed by atoms with Gasteiger partial charge in [-0.05, 0) is 37.8 Å². The maximum absolute atomic E-state index is 5.63. The van der Waals surface area contributed by atoms with E-state index in [2.05, 4.69) is 37.1 Å². The van der Waals surface area contributed by atoms with Crippen molar-refractivity contribution in [3.63, 3.8) is 0 Å². The van der Waals surface area contributed by atoms with E-state index in [0.29, 0.717) is 0 Å². The van der Waals surface area contributed by atoms with Gasteiger partial charge in [0, 0.05) is 24.7 Å². The second kappa shape index (κ2) is 7.11. The summed E-state index contributed by atoms with van der Waals surface area (Å²) in [7, 11) is 0. The van der Waals surface area contributed by atoms with Crippen LogP contribution in [0.1, 0.15) is 51.4 Å². The molecular formula is C16H28N2O. The molecule has 0 aromatic carbocycles. The van der Waals surface area contributed by atoms with Gasteiger partial charge >= 0.3 is 0 Å². The van der Waals surface area contributed by atoms with Crippen LogP contribution in [-0.4, -0.2) is 24.0 Å². The van der Waals surface area contributed by atoms with Crippen molar-refractivity contribution in [3.8, 4) is 0 Å². The Bertz CT molecular complexity index is 369. The van der Waals surface area contributed by atoms with Gasteiger partial charge in [-0.25, -0.2) is 0 Å². The van der Waals surface area contributed by atoms with Crippen molar-refractivity contribution in [2.45, 2.75) is 59.2 Å². The normalized spacial score (nSPS) is 15.6. The highest BCUT2D eigenvalue weighted by Crippen LogP contribution is 2.29. The number of nitrogens with zero attached hydrogens (tertiary/aromatic N) is 1. The highest BCUT2D eigenvalue weighted by Gasteiger charge is 2.29. The summed E-state index contributed by atoms with van der Waals surface area (Å²) in [6.07, 6.45) is 5.73. The molecule has 0 amide bonds. The first-order chi connectivity index (χ1) is 9.20. The molecule has 0 saturated heterocycles. The van der Waals surface area contributed by atoms with E-state index in [9.17, 15) is 0 Å². The summed E-state index contributed by atoms with van der Waals surface area (Å²) in [6, 6.07) is 2.95. The van der Waals surface area contributed by atoms with Crippen molar-refractivity contribution in [3.05, 3.63) is 23.7 Å². The molecule has 3 nitrogen and oxygen atoms in total. The standard InChI is InChI=1S/C16H28N2O/c1-4-8-17-10-16-14(7-9-19-16)12-18(11-13(2)3)15-5-6-15/h7,9,13,15,17H,4-6,8,10-12H2,1-3H3. The molecule has 19 heavy (non-hydrogen) atoms. The Labute approximate surface area is 117 Å². The number of furan rings is 1. The lowest BCUT2D eigenvalue weighted by molar-refractivity contribution is 0.224. The van der Waals surface area contributed by atoms with Gasteiger partial charge in [0.25, 0.3) is 0 Å². The molecule has 1 aromatic heterocycles. The highest BCUT2D eigenvalue weighted by molar-refractivity contribution is 5.17. The first kappa shape index (κ1) is 14.6. The Hall–Kier alpha value is -0.800. The average Bonchev–Trinajstić information content (AvgIpc) is 3.12. The summed E-state index contributed by atoms with van der Waals surface area (Å²) in [5.41, 5.74) is 1.36. The molecule has 0 unspecified atom stereocenters. The van der Waals surface area contributed by atoms with Crippen LogP contribution < -0.4 is 5.32 Å². The summed E-state index contributed by atoms with van der Waals surface area (Å²) in [5, 5.41) is 3.42. The third-order valence-electron chi connectivity index (χ3n) is 3.59. The van der Waals surface area contributed by atoms with Crippen molar-refractivity contribution < 1.29 is 4.42 Å². The van der Waals surface area contributed by atoms with Crippen LogP contribution in [0.25, 0.3) is 0 Å². The molecule has 108 valence electrons. The summed E-state index contributed by atoms with van der Waals surface area (Å²) < 4.78 is 5.63. The van der Waals surface area contributed by atoms with E-state index >= 15 is 0 Å². The molecule has 1 N–H and O–H groups in total. The Balaban J connectivity index is 1.91. The van der Waals surface area contributed by atoms with Gasteiger partial charge in [-0.3, -0.25) is 4.90 Å². The van der Waals surface area contributed by atoms with Gasteiger partial charge in [-0.1, -0.05) is 20.8 Å². The lowest BCUT2D eigenvalue weighted by Crippen LogP contribution is -2.30. The Morgan fingerprint density at radius 3 is 2.84 bits per heavy atom. The molecule has 1 aromatic rings. The monoisotopic (exact) mass is 264 g/mol. The van der Waals surface area contributed by atoms with Crippen molar-refractivity contribution in [1.29, 1.82) is 0 Å². The molecule has 0 spiro atoms. The van der Waals surface area contributed by atoms with E-state index in [4.69, 9.17) is 4.42 Å². The van der Waals surface area contributed by atoms with Gasteiger partial charge < -0.3 is 9.73 Å². The first-order valence-electron chi connectivity index (χ1n) is 7.70. The third kappa shape index (κ3) is 4.66. The van der Waals surface area contributed by atoms with E-state index in [1.807, 2.05) is 6.26 Å². The Morgan fingerprint density at radius 1 is 1.42 bits per heavy atom. The molecule has 1 aliphatic rings. The Morgan fingerprint density at radius 2 is 2.21 bits per heavy atom. The smallest absolute Gasteiger partial charge is 0.122 e. The SMILES string of the molecule is CCCNCc1occc1CN(CC(C)C)C1CC1. The van der Waals surface area contributed by atoms with E-state index in [1.54, 1.807) is 0 Å². The zero-order valence-electron chi connectivity index (χ0n) is 12.6.